The van der Waals surface area contributed by atoms with Crippen molar-refractivity contribution in [3.8, 4) is 11.5 Å². The molecule has 0 N–H and O–H groups in total. The zero-order valence-electron chi connectivity index (χ0n) is 13.2. The highest BCUT2D eigenvalue weighted by Gasteiger charge is 2.27. The van der Waals surface area contributed by atoms with Crippen molar-refractivity contribution in [1.29, 1.82) is 0 Å². The van der Waals surface area contributed by atoms with Crippen molar-refractivity contribution < 1.29 is 28.5 Å². The number of carbonyl (C=O) groups is 1. The van der Waals surface area contributed by atoms with Gasteiger partial charge in [-0.2, -0.15) is 4.73 Å². The van der Waals surface area contributed by atoms with E-state index in [4.69, 9.17) is 18.9 Å². The smallest absolute Gasteiger partial charge is 0.307 e. The monoisotopic (exact) mass is 397 g/mol. The summed E-state index contributed by atoms with van der Waals surface area (Å²) < 4.78 is 21.5. The van der Waals surface area contributed by atoms with Crippen LogP contribution < -0.4 is 14.2 Å². The molecule has 0 unspecified atom stereocenters. The minimum Gasteiger partial charge on any atom is -0.618 e. The van der Waals surface area contributed by atoms with Crippen LogP contribution in [0.3, 0.4) is 0 Å². The highest BCUT2D eigenvalue weighted by atomic mass is 79.9. The van der Waals surface area contributed by atoms with Crippen molar-refractivity contribution >= 4 is 21.7 Å². The number of hydrogen-bond donors (Lipinski definition) is 0. The summed E-state index contributed by atoms with van der Waals surface area (Å²) in [6.07, 6.45) is 1.22. The number of nitrogens with zero attached hydrogens (tertiary/aromatic N) is 1. The molecule has 0 saturated heterocycles. The van der Waals surface area contributed by atoms with Crippen LogP contribution in [-0.4, -0.2) is 33.6 Å². The molecule has 0 aliphatic heterocycles. The topological polar surface area (TPSA) is 80.9 Å². The van der Waals surface area contributed by atoms with Crippen LogP contribution in [0.1, 0.15) is 16.1 Å². The molecule has 7 nitrogen and oxygen atoms in total. The average Bonchev–Trinajstić information content (AvgIpc) is 2.58. The summed E-state index contributed by atoms with van der Waals surface area (Å²) in [4.78, 5) is 12.9. The Morgan fingerprint density at radius 1 is 1.12 bits per heavy atom. The Labute approximate surface area is 147 Å². The van der Waals surface area contributed by atoms with Crippen LogP contribution in [0.15, 0.2) is 41.0 Å². The van der Waals surface area contributed by atoms with Gasteiger partial charge in [-0.1, -0.05) is 15.9 Å². The van der Waals surface area contributed by atoms with Crippen LogP contribution in [-0.2, 0) is 9.47 Å². The van der Waals surface area contributed by atoms with Gasteiger partial charge < -0.3 is 24.2 Å². The number of rotatable bonds is 8. The molecule has 0 aliphatic rings. The first-order chi connectivity index (χ1) is 11.6. The third-order valence-corrected chi connectivity index (χ3v) is 3.48. The summed E-state index contributed by atoms with van der Waals surface area (Å²) in [5.41, 5.74) is 0.0504. The zero-order valence-corrected chi connectivity index (χ0v) is 14.7. The Morgan fingerprint density at radius 3 is 2.46 bits per heavy atom. The Morgan fingerprint density at radius 2 is 1.79 bits per heavy atom. The second-order valence-corrected chi connectivity index (χ2v) is 5.53. The number of hydrogen-bond acceptors (Lipinski definition) is 6. The molecule has 0 saturated carbocycles. The van der Waals surface area contributed by atoms with Crippen molar-refractivity contribution in [2.45, 2.75) is 0 Å². The van der Waals surface area contributed by atoms with Crippen molar-refractivity contribution in [2.24, 2.45) is 0 Å². The number of carbonyl (C=O) groups excluding carboxylic acids is 1. The highest BCUT2D eigenvalue weighted by molar-refractivity contribution is 9.10. The Kier molecular flexibility index (Phi) is 6.53. The molecule has 24 heavy (non-hydrogen) atoms. The molecule has 0 amide bonds. The van der Waals surface area contributed by atoms with E-state index in [-0.39, 0.29) is 30.6 Å². The fraction of sp³-hybridized carbons (Fsp3) is 0.250. The quantitative estimate of drug-likeness (QED) is 0.294. The first-order valence-corrected chi connectivity index (χ1v) is 7.67. The number of halogens is 1. The lowest BCUT2D eigenvalue weighted by Gasteiger charge is -2.13. The van der Waals surface area contributed by atoms with Crippen LogP contribution in [0.4, 0.5) is 0 Å². The van der Waals surface area contributed by atoms with Gasteiger partial charge in [0.05, 0.1) is 5.56 Å². The first kappa shape index (κ1) is 18.2. The van der Waals surface area contributed by atoms with Crippen LogP contribution in [0.25, 0.3) is 0 Å². The zero-order chi connectivity index (χ0) is 17.5. The fourth-order valence-corrected chi connectivity index (χ4v) is 2.34. The SMILES string of the molecule is COCOc1ccc(Br)cc1C(=O)c1c(OCOC)ccc[n+]1[O-]. The van der Waals surface area contributed by atoms with Crippen LogP contribution in [0, 0.1) is 5.21 Å². The number of ketones is 1. The average molecular weight is 398 g/mol. The lowest BCUT2D eigenvalue weighted by atomic mass is 10.1. The second-order valence-electron chi connectivity index (χ2n) is 4.62. The van der Waals surface area contributed by atoms with Gasteiger partial charge in [-0.3, -0.25) is 4.79 Å². The molecule has 0 spiro atoms. The molecule has 1 aromatic carbocycles. The summed E-state index contributed by atoms with van der Waals surface area (Å²) in [5.74, 6) is -0.118. The Bertz CT molecular complexity index is 722. The Hall–Kier alpha value is -2.16. The second kappa shape index (κ2) is 8.62. The van der Waals surface area contributed by atoms with E-state index >= 15 is 0 Å². The largest absolute Gasteiger partial charge is 0.618 e. The molecule has 1 heterocycles. The first-order valence-electron chi connectivity index (χ1n) is 6.88. The van der Waals surface area contributed by atoms with Crippen molar-refractivity contribution in [2.75, 3.05) is 27.8 Å². The van der Waals surface area contributed by atoms with Gasteiger partial charge in [0.25, 0.3) is 5.78 Å². The number of pyridine rings is 1. The van der Waals surface area contributed by atoms with E-state index in [2.05, 4.69) is 15.9 Å². The van der Waals surface area contributed by atoms with Gasteiger partial charge in [0.2, 0.25) is 0 Å². The van der Waals surface area contributed by atoms with Gasteiger partial charge in [-0.25, -0.2) is 0 Å². The lowest BCUT2D eigenvalue weighted by molar-refractivity contribution is -0.608. The van der Waals surface area contributed by atoms with Gasteiger partial charge in [0.1, 0.15) is 5.75 Å². The molecule has 2 rings (SSSR count). The van der Waals surface area contributed by atoms with Crippen LogP contribution in [0.2, 0.25) is 0 Å². The van der Waals surface area contributed by atoms with Crippen LogP contribution in [0.5, 0.6) is 11.5 Å². The van der Waals surface area contributed by atoms with Crippen molar-refractivity contribution in [3.05, 3.63) is 57.5 Å². The predicted molar refractivity (Wildman–Crippen MR) is 88.0 cm³/mol. The van der Waals surface area contributed by atoms with E-state index in [9.17, 15) is 10.0 Å². The molecular formula is C16H16BrNO6. The van der Waals surface area contributed by atoms with Crippen molar-refractivity contribution in [1.82, 2.24) is 0 Å². The predicted octanol–water partition coefficient (Wildman–Crippen LogP) is 2.28. The maximum atomic E-state index is 12.9. The molecule has 2 aromatic rings. The van der Waals surface area contributed by atoms with E-state index in [0.717, 1.165) is 0 Å². The van der Waals surface area contributed by atoms with E-state index in [0.29, 0.717) is 15.0 Å². The third-order valence-electron chi connectivity index (χ3n) is 2.99. The third kappa shape index (κ3) is 4.22. The van der Waals surface area contributed by atoms with Crippen LogP contribution >= 0.6 is 15.9 Å². The van der Waals surface area contributed by atoms with Gasteiger partial charge in [0, 0.05) is 24.8 Å². The summed E-state index contributed by atoms with van der Waals surface area (Å²) in [7, 11) is 2.92. The minimum atomic E-state index is -0.538. The van der Waals surface area contributed by atoms with Crippen molar-refractivity contribution in [3.63, 3.8) is 0 Å². The van der Waals surface area contributed by atoms with E-state index < -0.39 is 5.78 Å². The standard InChI is InChI=1S/C16H16BrNO6/c1-21-9-23-13-6-5-11(17)8-12(13)16(19)15-14(24-10-22-2)4-3-7-18(15)20/h3-8H,9-10H2,1-2H3. The van der Waals surface area contributed by atoms with E-state index in [1.165, 1.54) is 32.5 Å². The number of methoxy groups -OCH3 is 2. The summed E-state index contributed by atoms with van der Waals surface area (Å²) in [6, 6.07) is 7.91. The molecule has 0 aliphatic carbocycles. The molecule has 1 aromatic heterocycles. The maximum absolute atomic E-state index is 12.9. The number of benzene rings is 1. The minimum absolute atomic E-state index is 0.0267. The van der Waals surface area contributed by atoms with E-state index in [1.807, 2.05) is 0 Å². The molecule has 128 valence electrons. The summed E-state index contributed by atoms with van der Waals surface area (Å²) in [5, 5.41) is 12.1. The van der Waals surface area contributed by atoms with E-state index in [1.54, 1.807) is 18.2 Å². The highest BCUT2D eigenvalue weighted by Crippen LogP contribution is 2.27. The lowest BCUT2D eigenvalue weighted by Crippen LogP contribution is -2.35. The summed E-state index contributed by atoms with van der Waals surface area (Å²) in [6.45, 7) is -0.114. The normalized spacial score (nSPS) is 10.5. The molecular weight excluding hydrogens is 382 g/mol. The van der Waals surface area contributed by atoms with Gasteiger partial charge in [-0.05, 0) is 24.3 Å². The summed E-state index contributed by atoms with van der Waals surface area (Å²) >= 11 is 3.31. The van der Waals surface area contributed by atoms with Gasteiger partial charge >= 0.3 is 5.69 Å². The number of ether oxygens (including phenoxy) is 4. The molecule has 0 bridgehead atoms. The number of aromatic nitrogens is 1. The van der Waals surface area contributed by atoms with Gasteiger partial charge in [0.15, 0.2) is 25.5 Å². The van der Waals surface area contributed by atoms with Gasteiger partial charge in [-0.15, -0.1) is 0 Å². The fourth-order valence-electron chi connectivity index (χ4n) is 1.98. The maximum Gasteiger partial charge on any atom is 0.307 e. The molecule has 0 radical (unpaired) electrons. The molecule has 0 atom stereocenters. The molecule has 8 heteroatoms. The Balaban J connectivity index is 2.47. The molecule has 0 fully saturated rings.